The number of rotatable bonds is 15. The van der Waals surface area contributed by atoms with E-state index in [1.807, 2.05) is 6.92 Å². The van der Waals surface area contributed by atoms with Crippen molar-refractivity contribution in [2.75, 3.05) is 19.8 Å². The van der Waals surface area contributed by atoms with Gasteiger partial charge in [0, 0.05) is 13.3 Å². The van der Waals surface area contributed by atoms with E-state index in [1.54, 1.807) is 0 Å². The number of carboxylic acids is 1. The van der Waals surface area contributed by atoms with Crippen LogP contribution in [0.25, 0.3) is 0 Å². The van der Waals surface area contributed by atoms with Crippen LogP contribution >= 0.6 is 7.82 Å². The van der Waals surface area contributed by atoms with E-state index in [2.05, 4.69) is 9.05 Å². The monoisotopic (exact) mass is 413 g/mol. The molecule has 0 saturated carbocycles. The molecule has 0 saturated heterocycles. The molecular formula is C15H28NO10P. The van der Waals surface area contributed by atoms with Crippen molar-refractivity contribution in [1.29, 1.82) is 0 Å². The van der Waals surface area contributed by atoms with Crippen molar-refractivity contribution in [3.8, 4) is 0 Å². The SMILES string of the molecule is CCCCCCC(=O)OC[C@H](COP(=O)(O)OC[C@H](N)C(=O)O)OC(C)=O. The van der Waals surface area contributed by atoms with Gasteiger partial charge < -0.3 is 25.2 Å². The van der Waals surface area contributed by atoms with Crippen LogP contribution in [0.4, 0.5) is 0 Å². The lowest BCUT2D eigenvalue weighted by atomic mass is 10.2. The molecular weight excluding hydrogens is 385 g/mol. The molecule has 0 aliphatic rings. The van der Waals surface area contributed by atoms with E-state index in [4.69, 9.17) is 20.3 Å². The number of carboxylic acid groups (broad SMARTS) is 1. The highest BCUT2D eigenvalue weighted by Crippen LogP contribution is 2.43. The van der Waals surface area contributed by atoms with Gasteiger partial charge in [-0.1, -0.05) is 26.2 Å². The summed E-state index contributed by atoms with van der Waals surface area (Å²) in [6.07, 6.45) is 2.69. The normalized spacial score (nSPS) is 15.4. The molecule has 0 aromatic carbocycles. The molecule has 4 N–H and O–H groups in total. The first-order valence-corrected chi connectivity index (χ1v) is 10.00. The number of esters is 2. The third kappa shape index (κ3) is 14.2. The molecule has 0 fully saturated rings. The Hall–Kier alpha value is -1.52. The van der Waals surface area contributed by atoms with Crippen LogP contribution in [0, 0.1) is 0 Å². The zero-order chi connectivity index (χ0) is 20.9. The fourth-order valence-electron chi connectivity index (χ4n) is 1.77. The number of carbonyl (C=O) groups is 3. The Bertz CT molecular complexity index is 527. The first-order chi connectivity index (χ1) is 12.6. The summed E-state index contributed by atoms with van der Waals surface area (Å²) in [4.78, 5) is 42.8. The molecule has 0 radical (unpaired) electrons. The third-order valence-corrected chi connectivity index (χ3v) is 4.11. The van der Waals surface area contributed by atoms with Gasteiger partial charge in [0.2, 0.25) is 0 Å². The number of hydrogen-bond acceptors (Lipinski definition) is 9. The number of hydrogen-bond donors (Lipinski definition) is 3. The Balaban J connectivity index is 4.39. The number of nitrogens with two attached hydrogens (primary N) is 1. The standard InChI is InChI=1S/C15H28NO10P/c1-3-4-5-6-7-14(18)23-8-12(26-11(2)17)9-24-27(21,22)25-10-13(16)15(19)20/h12-13H,3-10,16H2,1-2H3,(H,19,20)(H,21,22)/t12-,13+/m1/s1. The van der Waals surface area contributed by atoms with Gasteiger partial charge in [-0.25, -0.2) is 4.57 Å². The van der Waals surface area contributed by atoms with Gasteiger partial charge in [0.25, 0.3) is 0 Å². The average Bonchev–Trinajstić information content (AvgIpc) is 2.58. The first-order valence-electron chi connectivity index (χ1n) is 8.50. The average molecular weight is 413 g/mol. The van der Waals surface area contributed by atoms with Crippen molar-refractivity contribution in [2.45, 2.75) is 58.1 Å². The number of phosphoric acid groups is 1. The second-order valence-corrected chi connectivity index (χ2v) is 7.18. The van der Waals surface area contributed by atoms with Gasteiger partial charge in [-0.2, -0.15) is 0 Å². The second kappa shape index (κ2) is 13.6. The molecule has 0 bridgehead atoms. The van der Waals surface area contributed by atoms with Gasteiger partial charge in [-0.15, -0.1) is 0 Å². The molecule has 0 aliphatic heterocycles. The van der Waals surface area contributed by atoms with Crippen LogP contribution in [0.3, 0.4) is 0 Å². The molecule has 27 heavy (non-hydrogen) atoms. The van der Waals surface area contributed by atoms with Crippen LogP contribution in [0.15, 0.2) is 0 Å². The highest BCUT2D eigenvalue weighted by atomic mass is 31.2. The molecule has 1 unspecified atom stereocenters. The lowest BCUT2D eigenvalue weighted by Crippen LogP contribution is -2.34. The molecule has 0 spiro atoms. The highest BCUT2D eigenvalue weighted by Gasteiger charge is 2.27. The lowest BCUT2D eigenvalue weighted by Gasteiger charge is -2.19. The van der Waals surface area contributed by atoms with Gasteiger partial charge in [-0.05, 0) is 6.42 Å². The second-order valence-electron chi connectivity index (χ2n) is 5.73. The zero-order valence-corrected chi connectivity index (χ0v) is 16.4. The zero-order valence-electron chi connectivity index (χ0n) is 15.5. The molecule has 0 rings (SSSR count). The number of ether oxygens (including phenoxy) is 2. The van der Waals surface area contributed by atoms with E-state index in [1.165, 1.54) is 0 Å². The maximum atomic E-state index is 11.7. The summed E-state index contributed by atoms with van der Waals surface area (Å²) in [6, 6.07) is -1.51. The largest absolute Gasteiger partial charge is 0.480 e. The van der Waals surface area contributed by atoms with Crippen molar-refractivity contribution in [1.82, 2.24) is 0 Å². The quantitative estimate of drug-likeness (QED) is 0.198. The van der Waals surface area contributed by atoms with E-state index < -0.39 is 51.1 Å². The number of aliphatic carboxylic acids is 1. The predicted octanol–water partition coefficient (Wildman–Crippen LogP) is 0.977. The number of phosphoric ester groups is 1. The highest BCUT2D eigenvalue weighted by molar-refractivity contribution is 7.47. The molecule has 0 aromatic heterocycles. The molecule has 0 aliphatic carbocycles. The maximum Gasteiger partial charge on any atom is 0.472 e. The fourth-order valence-corrected chi connectivity index (χ4v) is 2.54. The van der Waals surface area contributed by atoms with E-state index in [0.717, 1.165) is 26.2 Å². The van der Waals surface area contributed by atoms with E-state index >= 15 is 0 Å². The summed E-state index contributed by atoms with van der Waals surface area (Å²) in [7, 11) is -4.63. The smallest absolute Gasteiger partial charge is 0.472 e. The first kappa shape index (κ1) is 25.5. The Labute approximate surface area is 157 Å². The van der Waals surface area contributed by atoms with Crippen molar-refractivity contribution in [2.24, 2.45) is 5.73 Å². The summed E-state index contributed by atoms with van der Waals surface area (Å²) in [5.41, 5.74) is 5.15. The molecule has 0 heterocycles. The van der Waals surface area contributed by atoms with Crippen molar-refractivity contribution in [3.63, 3.8) is 0 Å². The maximum absolute atomic E-state index is 11.7. The van der Waals surface area contributed by atoms with E-state index in [-0.39, 0.29) is 13.0 Å². The van der Waals surface area contributed by atoms with Gasteiger partial charge in [0.05, 0.1) is 13.2 Å². The van der Waals surface area contributed by atoms with Crippen molar-refractivity contribution >= 4 is 25.7 Å². The summed E-state index contributed by atoms with van der Waals surface area (Å²) in [5.74, 6) is -2.61. The van der Waals surface area contributed by atoms with Crippen molar-refractivity contribution in [3.05, 3.63) is 0 Å². The summed E-state index contributed by atoms with van der Waals surface area (Å²) >= 11 is 0. The van der Waals surface area contributed by atoms with E-state index in [0.29, 0.717) is 6.42 Å². The van der Waals surface area contributed by atoms with Crippen LogP contribution in [-0.4, -0.2) is 59.9 Å². The Morgan fingerprint density at radius 1 is 1.07 bits per heavy atom. The van der Waals surface area contributed by atoms with Crippen LogP contribution in [-0.2, 0) is 37.5 Å². The minimum atomic E-state index is -4.63. The van der Waals surface area contributed by atoms with Gasteiger partial charge in [0.15, 0.2) is 6.10 Å². The Morgan fingerprint density at radius 2 is 1.70 bits per heavy atom. The minimum absolute atomic E-state index is 0.211. The van der Waals surface area contributed by atoms with Gasteiger partial charge >= 0.3 is 25.7 Å². The molecule has 158 valence electrons. The lowest BCUT2D eigenvalue weighted by molar-refractivity contribution is -0.159. The number of unbranched alkanes of at least 4 members (excludes halogenated alkanes) is 3. The van der Waals surface area contributed by atoms with Gasteiger partial charge in [0.1, 0.15) is 12.6 Å². The van der Waals surface area contributed by atoms with Crippen LogP contribution in [0.5, 0.6) is 0 Å². The molecule has 3 atom stereocenters. The molecule has 0 amide bonds. The predicted molar refractivity (Wildman–Crippen MR) is 92.6 cm³/mol. The Morgan fingerprint density at radius 3 is 2.26 bits per heavy atom. The Kier molecular flexibility index (Phi) is 12.9. The van der Waals surface area contributed by atoms with Crippen LogP contribution < -0.4 is 5.73 Å². The summed E-state index contributed by atoms with van der Waals surface area (Å²) in [5, 5.41) is 8.59. The summed E-state index contributed by atoms with van der Waals surface area (Å²) < 4.78 is 30.6. The third-order valence-electron chi connectivity index (χ3n) is 3.16. The molecule has 12 heteroatoms. The minimum Gasteiger partial charge on any atom is -0.480 e. The molecule has 0 aromatic rings. The topological polar surface area (TPSA) is 172 Å². The van der Waals surface area contributed by atoms with E-state index in [9.17, 15) is 23.8 Å². The van der Waals surface area contributed by atoms with Crippen LogP contribution in [0.2, 0.25) is 0 Å². The summed E-state index contributed by atoms with van der Waals surface area (Å²) in [6.45, 7) is 1.44. The fraction of sp³-hybridized carbons (Fsp3) is 0.800. The molecule has 11 nitrogen and oxygen atoms in total. The van der Waals surface area contributed by atoms with Crippen molar-refractivity contribution < 1.29 is 47.5 Å². The number of carbonyl (C=O) groups excluding carboxylic acids is 2. The van der Waals surface area contributed by atoms with Gasteiger partial charge in [-0.3, -0.25) is 23.4 Å². The van der Waals surface area contributed by atoms with Crippen LogP contribution in [0.1, 0.15) is 46.0 Å².